The molecule has 7 nitrogen and oxygen atoms in total. The van der Waals surface area contributed by atoms with Gasteiger partial charge < -0.3 is 19.9 Å². The molecule has 2 aliphatic heterocycles. The fourth-order valence-corrected chi connectivity index (χ4v) is 4.11. The number of guanidine groups is 1. The van der Waals surface area contributed by atoms with Crippen molar-refractivity contribution >= 4 is 35.8 Å². The summed E-state index contributed by atoms with van der Waals surface area (Å²) in [6.07, 6.45) is 2.19. The molecule has 0 aromatic heterocycles. The molecular weight excluding hydrogens is 531 g/mol. The molecule has 1 N–H and O–H groups in total. The third-order valence-corrected chi connectivity index (χ3v) is 5.86. The van der Waals surface area contributed by atoms with Crippen LogP contribution in [0.25, 0.3) is 0 Å². The first-order valence-electron chi connectivity index (χ1n) is 11.1. The van der Waals surface area contributed by atoms with E-state index in [0.29, 0.717) is 12.1 Å². The highest BCUT2D eigenvalue weighted by atomic mass is 127. The van der Waals surface area contributed by atoms with Crippen LogP contribution in [0.4, 0.5) is 8.78 Å². The molecule has 10 heteroatoms. The minimum absolute atomic E-state index is 0. The monoisotopic (exact) mass is 565 g/mol. The lowest BCUT2D eigenvalue weighted by Crippen LogP contribution is -2.57. The summed E-state index contributed by atoms with van der Waals surface area (Å²) in [5, 5.41) is 3.29. The summed E-state index contributed by atoms with van der Waals surface area (Å²) in [5.74, 6) is 1.12. The number of nitrogens with one attached hydrogen (secondary N) is 1. The summed E-state index contributed by atoms with van der Waals surface area (Å²) in [4.78, 5) is 23.7. The number of amides is 1. The number of rotatable bonds is 7. The molecule has 1 amide bonds. The number of likely N-dealkylation sites (tertiary alicyclic amines) is 1. The van der Waals surface area contributed by atoms with Gasteiger partial charge in [-0.05, 0) is 32.8 Å². The first-order valence-corrected chi connectivity index (χ1v) is 11.1. The normalized spacial score (nSPS) is 18.5. The van der Waals surface area contributed by atoms with Gasteiger partial charge in [-0.1, -0.05) is 18.2 Å². The number of aliphatic imine (C=N–C) groups is 1. The van der Waals surface area contributed by atoms with Gasteiger partial charge in [-0.3, -0.25) is 9.69 Å². The fraction of sp³-hybridized carbons (Fsp3) is 0.636. The zero-order valence-electron chi connectivity index (χ0n) is 18.8. The molecule has 1 atom stereocenters. The van der Waals surface area contributed by atoms with Crippen LogP contribution in [0.3, 0.4) is 0 Å². The standard InChI is InChI=1S/C22H33F2N5O2.HI/c1-3-25-22(26-16-18-8-4-5-9-19(18)31-21(23)24)29-14-12-27(13-15-29)17(2)20(30)28-10-6-7-11-28;/h4-5,8-9,17,21H,3,6-7,10-16H2,1-2H3,(H,25,26);1H. The molecular formula is C22H34F2IN5O2. The Balaban J connectivity index is 0.00000363. The zero-order valence-corrected chi connectivity index (χ0v) is 21.1. The highest BCUT2D eigenvalue weighted by molar-refractivity contribution is 14.0. The SMILES string of the molecule is CCNC(=NCc1ccccc1OC(F)F)N1CCN(C(C)C(=O)N2CCCC2)CC1.I. The van der Waals surface area contributed by atoms with Crippen LogP contribution < -0.4 is 10.1 Å². The molecule has 0 radical (unpaired) electrons. The number of carbonyl (C=O) groups is 1. The maximum atomic E-state index is 12.7. The fourth-order valence-electron chi connectivity index (χ4n) is 4.11. The van der Waals surface area contributed by atoms with E-state index in [1.807, 2.05) is 18.7 Å². The number of para-hydroxylation sites is 1. The third kappa shape index (κ3) is 7.16. The van der Waals surface area contributed by atoms with E-state index in [9.17, 15) is 13.6 Å². The average molecular weight is 565 g/mol. The van der Waals surface area contributed by atoms with Gasteiger partial charge in [0.05, 0.1) is 12.6 Å². The highest BCUT2D eigenvalue weighted by Crippen LogP contribution is 2.21. The van der Waals surface area contributed by atoms with Crippen molar-refractivity contribution in [2.24, 2.45) is 4.99 Å². The molecule has 2 saturated heterocycles. The van der Waals surface area contributed by atoms with E-state index in [4.69, 9.17) is 0 Å². The number of piperazine rings is 1. The molecule has 180 valence electrons. The lowest BCUT2D eigenvalue weighted by atomic mass is 10.2. The second kappa shape index (κ2) is 13.1. The lowest BCUT2D eigenvalue weighted by molar-refractivity contribution is -0.135. The van der Waals surface area contributed by atoms with E-state index >= 15 is 0 Å². The van der Waals surface area contributed by atoms with Gasteiger partial charge in [0, 0.05) is 51.4 Å². The van der Waals surface area contributed by atoms with Crippen LogP contribution in [0.1, 0.15) is 32.3 Å². The van der Waals surface area contributed by atoms with Crippen LogP contribution in [-0.2, 0) is 11.3 Å². The second-order valence-corrected chi connectivity index (χ2v) is 7.89. The largest absolute Gasteiger partial charge is 0.434 e. The van der Waals surface area contributed by atoms with E-state index in [1.54, 1.807) is 18.2 Å². The van der Waals surface area contributed by atoms with Crippen molar-refractivity contribution in [3.8, 4) is 5.75 Å². The van der Waals surface area contributed by atoms with Crippen molar-refractivity contribution in [2.45, 2.75) is 45.9 Å². The van der Waals surface area contributed by atoms with E-state index in [2.05, 4.69) is 24.8 Å². The van der Waals surface area contributed by atoms with Crippen LogP contribution in [0.5, 0.6) is 5.75 Å². The third-order valence-electron chi connectivity index (χ3n) is 5.86. The van der Waals surface area contributed by atoms with Crippen LogP contribution in [0.2, 0.25) is 0 Å². The van der Waals surface area contributed by atoms with Crippen LogP contribution in [0.15, 0.2) is 29.3 Å². The molecule has 2 heterocycles. The smallest absolute Gasteiger partial charge is 0.387 e. The molecule has 0 bridgehead atoms. The molecule has 3 rings (SSSR count). The molecule has 1 unspecified atom stereocenters. The molecule has 0 saturated carbocycles. The maximum absolute atomic E-state index is 12.7. The predicted molar refractivity (Wildman–Crippen MR) is 132 cm³/mol. The van der Waals surface area contributed by atoms with Gasteiger partial charge in [-0.2, -0.15) is 8.78 Å². The quantitative estimate of drug-likeness (QED) is 0.313. The van der Waals surface area contributed by atoms with Gasteiger partial charge in [0.2, 0.25) is 5.91 Å². The average Bonchev–Trinajstić information content (AvgIpc) is 3.31. The summed E-state index contributed by atoms with van der Waals surface area (Å²) in [7, 11) is 0. The number of benzene rings is 1. The molecule has 32 heavy (non-hydrogen) atoms. The molecule has 1 aromatic carbocycles. The van der Waals surface area contributed by atoms with Crippen molar-refractivity contribution in [2.75, 3.05) is 45.8 Å². The maximum Gasteiger partial charge on any atom is 0.387 e. The Morgan fingerprint density at radius 2 is 1.75 bits per heavy atom. The summed E-state index contributed by atoms with van der Waals surface area (Å²) in [5.41, 5.74) is 0.613. The minimum atomic E-state index is -2.86. The van der Waals surface area contributed by atoms with Crippen LogP contribution >= 0.6 is 24.0 Å². The van der Waals surface area contributed by atoms with Gasteiger partial charge in [-0.15, -0.1) is 24.0 Å². The molecule has 2 fully saturated rings. The summed E-state index contributed by atoms with van der Waals surface area (Å²) in [6, 6.07) is 6.61. The highest BCUT2D eigenvalue weighted by Gasteiger charge is 2.30. The van der Waals surface area contributed by atoms with Gasteiger partial charge in [0.25, 0.3) is 0 Å². The van der Waals surface area contributed by atoms with Gasteiger partial charge in [-0.25, -0.2) is 4.99 Å². The van der Waals surface area contributed by atoms with Crippen molar-refractivity contribution < 1.29 is 18.3 Å². The van der Waals surface area contributed by atoms with Crippen LogP contribution in [-0.4, -0.2) is 85.0 Å². The zero-order chi connectivity index (χ0) is 22.2. The summed E-state index contributed by atoms with van der Waals surface area (Å²) in [6.45, 7) is 6.87. The topological polar surface area (TPSA) is 60.4 Å². The Kier molecular flexibility index (Phi) is 10.9. The Hall–Kier alpha value is -1.69. The number of hydrogen-bond acceptors (Lipinski definition) is 4. The number of hydrogen-bond donors (Lipinski definition) is 1. The van der Waals surface area contributed by atoms with Crippen molar-refractivity contribution in [3.63, 3.8) is 0 Å². The molecule has 2 aliphatic rings. The Labute approximate surface area is 206 Å². The second-order valence-electron chi connectivity index (χ2n) is 7.89. The summed E-state index contributed by atoms with van der Waals surface area (Å²) >= 11 is 0. The minimum Gasteiger partial charge on any atom is -0.434 e. The van der Waals surface area contributed by atoms with Crippen LogP contribution in [0, 0.1) is 0 Å². The molecule has 1 aromatic rings. The summed E-state index contributed by atoms with van der Waals surface area (Å²) < 4.78 is 29.9. The molecule has 0 spiro atoms. The number of carbonyl (C=O) groups excluding carboxylic acids is 1. The van der Waals surface area contributed by atoms with Crippen molar-refractivity contribution in [3.05, 3.63) is 29.8 Å². The Morgan fingerprint density at radius 3 is 2.38 bits per heavy atom. The van der Waals surface area contributed by atoms with Gasteiger partial charge >= 0.3 is 6.61 Å². The first kappa shape index (κ1) is 26.6. The number of ether oxygens (including phenoxy) is 1. The van der Waals surface area contributed by atoms with E-state index in [0.717, 1.165) is 58.1 Å². The molecule has 0 aliphatic carbocycles. The Morgan fingerprint density at radius 1 is 1.09 bits per heavy atom. The Bertz CT molecular complexity index is 754. The lowest BCUT2D eigenvalue weighted by Gasteiger charge is -2.39. The van der Waals surface area contributed by atoms with Gasteiger partial charge in [0.15, 0.2) is 5.96 Å². The van der Waals surface area contributed by atoms with E-state index in [1.165, 1.54) is 6.07 Å². The van der Waals surface area contributed by atoms with Gasteiger partial charge in [0.1, 0.15) is 5.75 Å². The van der Waals surface area contributed by atoms with E-state index < -0.39 is 6.61 Å². The first-order chi connectivity index (χ1) is 15.0. The van der Waals surface area contributed by atoms with E-state index in [-0.39, 0.29) is 48.2 Å². The number of halogens is 3. The number of alkyl halides is 2. The van der Waals surface area contributed by atoms with Crippen molar-refractivity contribution in [1.29, 1.82) is 0 Å². The van der Waals surface area contributed by atoms with Crippen molar-refractivity contribution in [1.82, 2.24) is 20.0 Å². The predicted octanol–water partition coefficient (Wildman–Crippen LogP) is 3.00. The number of nitrogens with zero attached hydrogens (tertiary/aromatic N) is 4.